The van der Waals surface area contributed by atoms with Gasteiger partial charge in [-0.1, -0.05) is 18.2 Å². The Morgan fingerprint density at radius 2 is 2.00 bits per heavy atom. The number of hydrogen-bond donors (Lipinski definition) is 3. The van der Waals surface area contributed by atoms with Crippen molar-refractivity contribution in [3.63, 3.8) is 0 Å². The molecule has 2 aromatic rings. The van der Waals surface area contributed by atoms with E-state index in [1.807, 2.05) is 24.4 Å². The van der Waals surface area contributed by atoms with Crippen molar-refractivity contribution in [2.45, 2.75) is 37.6 Å². The third-order valence-corrected chi connectivity index (χ3v) is 5.64. The molecule has 0 atom stereocenters. The lowest BCUT2D eigenvalue weighted by Crippen LogP contribution is -2.56. The third-order valence-electron chi connectivity index (χ3n) is 4.66. The number of aliphatic carboxylic acids is 1. The Hall–Kier alpha value is -1.95. The number of fused-ring (bicyclic) bond motifs is 1. The molecule has 1 aromatic carbocycles. The second-order valence-electron chi connectivity index (χ2n) is 6.26. The summed E-state index contributed by atoms with van der Waals surface area (Å²) in [5.74, 6) is 0.487. The molecule has 1 saturated heterocycles. The highest BCUT2D eigenvalue weighted by molar-refractivity contribution is 7.99. The van der Waals surface area contributed by atoms with E-state index in [4.69, 9.17) is 0 Å². The average Bonchev–Trinajstić information content (AvgIpc) is 2.99. The van der Waals surface area contributed by atoms with Crippen molar-refractivity contribution in [3.05, 3.63) is 36.0 Å². The largest absolute Gasteiger partial charge is 0.480 e. The van der Waals surface area contributed by atoms with Gasteiger partial charge in [0.1, 0.15) is 5.54 Å². The van der Waals surface area contributed by atoms with Gasteiger partial charge in [-0.05, 0) is 48.8 Å². The predicted octanol–water partition coefficient (Wildman–Crippen LogP) is 2.96. The number of aromatic amines is 1. The second-order valence-corrected chi connectivity index (χ2v) is 7.49. The Kier molecular flexibility index (Phi) is 5.14. The van der Waals surface area contributed by atoms with E-state index in [1.165, 1.54) is 10.9 Å². The van der Waals surface area contributed by atoms with Gasteiger partial charge in [0.05, 0.1) is 0 Å². The van der Waals surface area contributed by atoms with E-state index in [-0.39, 0.29) is 5.91 Å². The van der Waals surface area contributed by atoms with Crippen LogP contribution in [-0.2, 0) is 16.0 Å². The lowest BCUT2D eigenvalue weighted by atomic mass is 9.92. The predicted molar refractivity (Wildman–Crippen MR) is 96.3 cm³/mol. The van der Waals surface area contributed by atoms with Gasteiger partial charge in [0.15, 0.2) is 0 Å². The van der Waals surface area contributed by atoms with Gasteiger partial charge in [-0.2, -0.15) is 11.8 Å². The number of carbonyl (C=O) groups is 2. The van der Waals surface area contributed by atoms with Gasteiger partial charge in [-0.25, -0.2) is 4.79 Å². The summed E-state index contributed by atoms with van der Waals surface area (Å²) in [5, 5.41) is 13.5. The molecule has 0 radical (unpaired) electrons. The molecular weight excluding hydrogens is 324 g/mol. The molecule has 6 heteroatoms. The Labute approximate surface area is 145 Å². The van der Waals surface area contributed by atoms with Crippen LogP contribution in [0.4, 0.5) is 0 Å². The van der Waals surface area contributed by atoms with Crippen LogP contribution >= 0.6 is 11.8 Å². The Morgan fingerprint density at radius 1 is 1.25 bits per heavy atom. The number of benzene rings is 1. The molecule has 2 heterocycles. The van der Waals surface area contributed by atoms with Crippen LogP contribution in [0.1, 0.15) is 31.2 Å². The maximum Gasteiger partial charge on any atom is 0.329 e. The Morgan fingerprint density at radius 3 is 2.75 bits per heavy atom. The minimum absolute atomic E-state index is 0.163. The molecule has 1 aliphatic heterocycles. The van der Waals surface area contributed by atoms with Crippen molar-refractivity contribution in [3.8, 4) is 0 Å². The highest BCUT2D eigenvalue weighted by Gasteiger charge is 2.40. The molecule has 1 aromatic heterocycles. The molecule has 1 fully saturated rings. The van der Waals surface area contributed by atoms with Crippen molar-refractivity contribution >= 4 is 34.5 Å². The number of para-hydroxylation sites is 1. The van der Waals surface area contributed by atoms with Crippen LogP contribution in [0, 0.1) is 0 Å². The zero-order valence-corrected chi connectivity index (χ0v) is 14.3. The number of amides is 1. The maximum absolute atomic E-state index is 12.2. The van der Waals surface area contributed by atoms with E-state index < -0.39 is 11.5 Å². The van der Waals surface area contributed by atoms with Gasteiger partial charge in [0.25, 0.3) is 0 Å². The van der Waals surface area contributed by atoms with Crippen LogP contribution in [0.5, 0.6) is 0 Å². The summed E-state index contributed by atoms with van der Waals surface area (Å²) in [6.45, 7) is 0. The summed E-state index contributed by atoms with van der Waals surface area (Å²) in [4.78, 5) is 27.0. The highest BCUT2D eigenvalue weighted by atomic mass is 32.2. The SMILES string of the molecule is O=C(CCCc1c[nH]c2ccccc12)NC1(C(=O)O)CCSCC1. The average molecular weight is 346 g/mol. The Bertz CT molecular complexity index is 735. The summed E-state index contributed by atoms with van der Waals surface area (Å²) in [7, 11) is 0. The molecule has 0 aliphatic carbocycles. The van der Waals surface area contributed by atoms with Crippen molar-refractivity contribution < 1.29 is 14.7 Å². The molecule has 0 spiro atoms. The number of carbonyl (C=O) groups excluding carboxylic acids is 1. The van der Waals surface area contributed by atoms with E-state index in [9.17, 15) is 14.7 Å². The van der Waals surface area contributed by atoms with Gasteiger partial charge in [-0.3, -0.25) is 4.79 Å². The fraction of sp³-hybridized carbons (Fsp3) is 0.444. The standard InChI is InChI=1S/C18H22N2O3S/c21-16(20-18(17(22)23)8-10-24-11-9-18)7-3-4-13-12-19-15-6-2-1-5-14(13)15/h1-2,5-6,12,19H,3-4,7-11H2,(H,20,21)(H,22,23). The molecule has 128 valence electrons. The van der Waals surface area contributed by atoms with Gasteiger partial charge in [0.2, 0.25) is 5.91 Å². The number of H-pyrrole nitrogens is 1. The van der Waals surface area contributed by atoms with Crippen LogP contribution in [0.25, 0.3) is 10.9 Å². The fourth-order valence-corrected chi connectivity index (χ4v) is 4.41. The Balaban J connectivity index is 1.54. The van der Waals surface area contributed by atoms with Gasteiger partial charge in [0, 0.05) is 23.5 Å². The molecule has 5 nitrogen and oxygen atoms in total. The molecule has 3 rings (SSSR count). The summed E-state index contributed by atoms with van der Waals surface area (Å²) in [6.07, 6.45) is 4.84. The molecule has 0 unspecified atom stereocenters. The lowest BCUT2D eigenvalue weighted by Gasteiger charge is -2.33. The van der Waals surface area contributed by atoms with E-state index in [0.29, 0.717) is 25.7 Å². The zero-order chi connectivity index (χ0) is 17.0. The quantitative estimate of drug-likeness (QED) is 0.751. The van der Waals surface area contributed by atoms with E-state index in [2.05, 4.69) is 16.4 Å². The summed E-state index contributed by atoms with van der Waals surface area (Å²) in [5.41, 5.74) is 1.23. The summed E-state index contributed by atoms with van der Waals surface area (Å²) < 4.78 is 0. The van der Waals surface area contributed by atoms with Crippen LogP contribution in [0.3, 0.4) is 0 Å². The highest BCUT2D eigenvalue weighted by Crippen LogP contribution is 2.27. The van der Waals surface area contributed by atoms with Crippen molar-refractivity contribution in [2.24, 2.45) is 0 Å². The van der Waals surface area contributed by atoms with Crippen LogP contribution in [-0.4, -0.2) is 39.0 Å². The van der Waals surface area contributed by atoms with Gasteiger partial charge < -0.3 is 15.4 Å². The number of rotatable bonds is 6. The summed E-state index contributed by atoms with van der Waals surface area (Å²) >= 11 is 1.74. The van der Waals surface area contributed by atoms with E-state index in [1.54, 1.807) is 11.8 Å². The molecule has 24 heavy (non-hydrogen) atoms. The smallest absolute Gasteiger partial charge is 0.329 e. The number of aryl methyl sites for hydroxylation is 1. The molecule has 1 aliphatic rings. The van der Waals surface area contributed by atoms with E-state index in [0.717, 1.165) is 23.4 Å². The number of carboxylic acids is 1. The fourth-order valence-electron chi connectivity index (χ4n) is 3.22. The van der Waals surface area contributed by atoms with Crippen LogP contribution < -0.4 is 5.32 Å². The number of carboxylic acid groups (broad SMARTS) is 1. The first-order chi connectivity index (χ1) is 11.6. The molecular formula is C18H22N2O3S. The second kappa shape index (κ2) is 7.30. The molecule has 3 N–H and O–H groups in total. The van der Waals surface area contributed by atoms with Crippen LogP contribution in [0.15, 0.2) is 30.5 Å². The minimum Gasteiger partial charge on any atom is -0.480 e. The van der Waals surface area contributed by atoms with Crippen LogP contribution in [0.2, 0.25) is 0 Å². The van der Waals surface area contributed by atoms with Crippen molar-refractivity contribution in [2.75, 3.05) is 11.5 Å². The number of aromatic nitrogens is 1. The minimum atomic E-state index is -1.07. The number of hydrogen-bond acceptors (Lipinski definition) is 3. The third kappa shape index (κ3) is 3.59. The normalized spacial score (nSPS) is 16.8. The van der Waals surface area contributed by atoms with E-state index >= 15 is 0 Å². The zero-order valence-electron chi connectivity index (χ0n) is 13.5. The van der Waals surface area contributed by atoms with Gasteiger partial charge >= 0.3 is 5.97 Å². The first-order valence-corrected chi connectivity index (χ1v) is 9.43. The molecule has 0 saturated carbocycles. The monoisotopic (exact) mass is 346 g/mol. The lowest BCUT2D eigenvalue weighted by molar-refractivity contribution is -0.148. The molecule has 1 amide bonds. The van der Waals surface area contributed by atoms with Crippen molar-refractivity contribution in [1.82, 2.24) is 10.3 Å². The van der Waals surface area contributed by atoms with Crippen molar-refractivity contribution in [1.29, 1.82) is 0 Å². The maximum atomic E-state index is 12.2. The topological polar surface area (TPSA) is 82.2 Å². The number of thioether (sulfide) groups is 1. The van der Waals surface area contributed by atoms with Gasteiger partial charge in [-0.15, -0.1) is 0 Å². The first-order valence-electron chi connectivity index (χ1n) is 8.28. The summed E-state index contributed by atoms with van der Waals surface area (Å²) in [6, 6.07) is 8.09. The number of nitrogens with one attached hydrogen (secondary N) is 2. The molecule has 0 bridgehead atoms. The first kappa shape index (κ1) is 16.9.